The SMILES string of the molecule is CN(C(=O)[C@@H](N)C1CCC(OCc2ccccc2)CC1)C1CCC1. The number of hydrogen-bond donors (Lipinski definition) is 1. The third kappa shape index (κ3) is 4.17. The summed E-state index contributed by atoms with van der Waals surface area (Å²) in [5, 5.41) is 0. The average molecular weight is 330 g/mol. The van der Waals surface area contributed by atoms with Crippen molar-refractivity contribution >= 4 is 5.91 Å². The van der Waals surface area contributed by atoms with Crippen molar-refractivity contribution in [3.05, 3.63) is 35.9 Å². The minimum atomic E-state index is -0.342. The van der Waals surface area contributed by atoms with Gasteiger partial charge in [-0.05, 0) is 56.4 Å². The van der Waals surface area contributed by atoms with Crippen molar-refractivity contribution in [2.24, 2.45) is 11.7 Å². The summed E-state index contributed by atoms with van der Waals surface area (Å²) in [6.45, 7) is 0.672. The summed E-state index contributed by atoms with van der Waals surface area (Å²) < 4.78 is 6.03. The van der Waals surface area contributed by atoms with Crippen molar-refractivity contribution < 1.29 is 9.53 Å². The Kier molecular flexibility index (Phi) is 5.90. The van der Waals surface area contributed by atoms with Crippen molar-refractivity contribution in [1.29, 1.82) is 0 Å². The lowest BCUT2D eigenvalue weighted by atomic mass is 9.81. The summed E-state index contributed by atoms with van der Waals surface area (Å²) in [7, 11) is 1.92. The van der Waals surface area contributed by atoms with Gasteiger partial charge in [-0.1, -0.05) is 30.3 Å². The Bertz CT molecular complexity index is 522. The molecule has 2 N–H and O–H groups in total. The van der Waals surface area contributed by atoms with E-state index in [1.165, 1.54) is 12.0 Å². The highest BCUT2D eigenvalue weighted by molar-refractivity contribution is 5.82. The van der Waals surface area contributed by atoms with Crippen LogP contribution in [0.4, 0.5) is 0 Å². The number of hydrogen-bond acceptors (Lipinski definition) is 3. The fraction of sp³-hybridized carbons (Fsp3) is 0.650. The summed E-state index contributed by atoms with van der Waals surface area (Å²) >= 11 is 0. The smallest absolute Gasteiger partial charge is 0.239 e. The van der Waals surface area contributed by atoms with Crippen LogP contribution in [0, 0.1) is 5.92 Å². The first-order valence-electron chi connectivity index (χ1n) is 9.33. The molecule has 3 rings (SSSR count). The highest BCUT2D eigenvalue weighted by Gasteiger charge is 2.34. The Morgan fingerprint density at radius 3 is 2.42 bits per heavy atom. The molecule has 0 spiro atoms. The first kappa shape index (κ1) is 17.4. The molecule has 0 saturated heterocycles. The molecule has 1 atom stereocenters. The second-order valence-corrected chi connectivity index (χ2v) is 7.39. The van der Waals surface area contributed by atoms with Gasteiger partial charge < -0.3 is 15.4 Å². The van der Waals surface area contributed by atoms with Crippen LogP contribution in [0.15, 0.2) is 30.3 Å². The Morgan fingerprint density at radius 2 is 1.83 bits per heavy atom. The topological polar surface area (TPSA) is 55.6 Å². The Balaban J connectivity index is 1.41. The summed E-state index contributed by atoms with van der Waals surface area (Å²) in [4.78, 5) is 14.4. The third-order valence-electron chi connectivity index (χ3n) is 5.81. The lowest BCUT2D eigenvalue weighted by Crippen LogP contribution is -2.52. The van der Waals surface area contributed by atoms with Gasteiger partial charge in [-0.25, -0.2) is 0 Å². The van der Waals surface area contributed by atoms with Gasteiger partial charge in [0.15, 0.2) is 0 Å². The Morgan fingerprint density at radius 1 is 1.17 bits per heavy atom. The molecule has 132 valence electrons. The van der Waals surface area contributed by atoms with E-state index in [0.29, 0.717) is 24.7 Å². The van der Waals surface area contributed by atoms with E-state index in [-0.39, 0.29) is 11.9 Å². The average Bonchev–Trinajstić information content (AvgIpc) is 2.58. The standard InChI is InChI=1S/C20H30N2O2/c1-22(17-8-5-9-17)20(23)19(21)16-10-12-18(13-11-16)24-14-15-6-3-2-4-7-15/h2-4,6-7,16-19H,5,8-14,21H2,1H3/t16?,18?,19-/m0/s1. The largest absolute Gasteiger partial charge is 0.374 e. The number of carbonyl (C=O) groups is 1. The van der Waals surface area contributed by atoms with Gasteiger partial charge in [0.05, 0.1) is 18.8 Å². The van der Waals surface area contributed by atoms with Gasteiger partial charge in [-0.15, -0.1) is 0 Å². The van der Waals surface area contributed by atoms with Crippen LogP contribution in [-0.4, -0.2) is 36.0 Å². The molecule has 24 heavy (non-hydrogen) atoms. The van der Waals surface area contributed by atoms with Gasteiger partial charge >= 0.3 is 0 Å². The molecule has 1 aromatic rings. The van der Waals surface area contributed by atoms with Crippen molar-refractivity contribution in [2.45, 2.75) is 69.7 Å². The van der Waals surface area contributed by atoms with Gasteiger partial charge in [-0.3, -0.25) is 4.79 Å². The van der Waals surface area contributed by atoms with E-state index < -0.39 is 0 Å². The molecule has 2 saturated carbocycles. The molecular weight excluding hydrogens is 300 g/mol. The first-order valence-corrected chi connectivity index (χ1v) is 9.33. The number of rotatable bonds is 6. The van der Waals surface area contributed by atoms with Crippen molar-refractivity contribution in [2.75, 3.05) is 7.05 Å². The predicted octanol–water partition coefficient (Wildman–Crippen LogP) is 3.10. The monoisotopic (exact) mass is 330 g/mol. The summed E-state index contributed by atoms with van der Waals surface area (Å²) in [5.74, 6) is 0.435. The van der Waals surface area contributed by atoms with Crippen LogP contribution in [0.2, 0.25) is 0 Å². The van der Waals surface area contributed by atoms with E-state index >= 15 is 0 Å². The molecule has 0 bridgehead atoms. The second kappa shape index (κ2) is 8.13. The van der Waals surface area contributed by atoms with E-state index in [2.05, 4.69) is 12.1 Å². The maximum absolute atomic E-state index is 12.5. The molecule has 0 heterocycles. The zero-order chi connectivity index (χ0) is 16.9. The zero-order valence-electron chi connectivity index (χ0n) is 14.7. The van der Waals surface area contributed by atoms with Crippen LogP contribution in [0.25, 0.3) is 0 Å². The van der Waals surface area contributed by atoms with Crippen LogP contribution in [0.1, 0.15) is 50.5 Å². The quantitative estimate of drug-likeness (QED) is 0.872. The lowest BCUT2D eigenvalue weighted by Gasteiger charge is -2.38. The number of ether oxygens (including phenoxy) is 1. The Labute approximate surface area is 145 Å². The number of benzene rings is 1. The third-order valence-corrected chi connectivity index (χ3v) is 5.81. The maximum atomic E-state index is 12.5. The summed E-state index contributed by atoms with van der Waals surface area (Å²) in [6, 6.07) is 10.4. The molecule has 2 fully saturated rings. The molecule has 2 aliphatic rings. The Hall–Kier alpha value is -1.39. The molecule has 1 amide bonds. The normalized spacial score (nSPS) is 25.8. The highest BCUT2D eigenvalue weighted by Crippen LogP contribution is 2.30. The minimum Gasteiger partial charge on any atom is -0.374 e. The van der Waals surface area contributed by atoms with Crippen molar-refractivity contribution in [1.82, 2.24) is 4.90 Å². The molecule has 0 aliphatic heterocycles. The predicted molar refractivity (Wildman–Crippen MR) is 95.4 cm³/mol. The summed E-state index contributed by atoms with van der Waals surface area (Å²) in [6.07, 6.45) is 7.80. The number of carbonyl (C=O) groups excluding carboxylic acids is 1. The molecule has 0 radical (unpaired) electrons. The van der Waals surface area contributed by atoms with Crippen molar-refractivity contribution in [3.8, 4) is 0 Å². The number of nitrogens with two attached hydrogens (primary N) is 1. The molecule has 0 unspecified atom stereocenters. The fourth-order valence-corrected chi connectivity index (χ4v) is 3.79. The lowest BCUT2D eigenvalue weighted by molar-refractivity contribution is -0.136. The van der Waals surface area contributed by atoms with Gasteiger partial charge in [0.1, 0.15) is 0 Å². The van der Waals surface area contributed by atoms with Gasteiger partial charge in [0.2, 0.25) is 5.91 Å². The molecule has 1 aromatic carbocycles. The van der Waals surface area contributed by atoms with E-state index in [1.807, 2.05) is 30.1 Å². The van der Waals surface area contributed by atoms with Crippen LogP contribution in [0.5, 0.6) is 0 Å². The minimum absolute atomic E-state index is 0.133. The maximum Gasteiger partial charge on any atom is 0.239 e. The summed E-state index contributed by atoms with van der Waals surface area (Å²) in [5.41, 5.74) is 7.50. The molecule has 4 heteroatoms. The highest BCUT2D eigenvalue weighted by atomic mass is 16.5. The first-order chi connectivity index (χ1) is 11.6. The molecule has 0 aromatic heterocycles. The van der Waals surface area contributed by atoms with Crippen LogP contribution < -0.4 is 5.73 Å². The number of nitrogens with zero attached hydrogens (tertiary/aromatic N) is 1. The zero-order valence-corrected chi connectivity index (χ0v) is 14.7. The van der Waals surface area contributed by atoms with Gasteiger partial charge in [0, 0.05) is 13.1 Å². The van der Waals surface area contributed by atoms with E-state index in [1.54, 1.807) is 0 Å². The van der Waals surface area contributed by atoms with Gasteiger partial charge in [-0.2, -0.15) is 0 Å². The molecular formula is C20H30N2O2. The van der Waals surface area contributed by atoms with Crippen LogP contribution in [0.3, 0.4) is 0 Å². The van der Waals surface area contributed by atoms with E-state index in [4.69, 9.17) is 10.5 Å². The molecule has 4 nitrogen and oxygen atoms in total. The second-order valence-electron chi connectivity index (χ2n) is 7.39. The number of likely N-dealkylation sites (N-methyl/N-ethyl adjacent to an activating group) is 1. The van der Waals surface area contributed by atoms with E-state index in [9.17, 15) is 4.79 Å². The fourth-order valence-electron chi connectivity index (χ4n) is 3.79. The number of amides is 1. The molecule has 2 aliphatic carbocycles. The van der Waals surface area contributed by atoms with Gasteiger partial charge in [0.25, 0.3) is 0 Å². The van der Waals surface area contributed by atoms with Crippen LogP contribution in [-0.2, 0) is 16.1 Å². The van der Waals surface area contributed by atoms with Crippen molar-refractivity contribution in [3.63, 3.8) is 0 Å². The van der Waals surface area contributed by atoms with Crippen LogP contribution >= 0.6 is 0 Å². The van der Waals surface area contributed by atoms with E-state index in [0.717, 1.165) is 38.5 Å².